The van der Waals surface area contributed by atoms with Crippen LogP contribution in [0.3, 0.4) is 0 Å². The molecular weight excluding hydrogens is 232 g/mol. The van der Waals surface area contributed by atoms with E-state index < -0.39 is 0 Å². The molecule has 2 heteroatoms. The van der Waals surface area contributed by atoms with Crippen LogP contribution < -0.4 is 10.6 Å². The van der Waals surface area contributed by atoms with Crippen molar-refractivity contribution < 1.29 is 0 Å². The lowest BCUT2D eigenvalue weighted by molar-refractivity contribution is 0.583. The van der Waals surface area contributed by atoms with Crippen LogP contribution in [0.5, 0.6) is 0 Å². The maximum absolute atomic E-state index is 5.73. The fraction of sp³-hybridized carbons (Fsp3) is 0.647. The second kappa shape index (κ2) is 5.96. The molecule has 0 spiro atoms. The maximum atomic E-state index is 5.73. The number of benzene rings is 1. The van der Waals surface area contributed by atoms with Crippen LogP contribution in [0.2, 0.25) is 0 Å². The number of aryl methyl sites for hydroxylation is 2. The van der Waals surface area contributed by atoms with Crippen molar-refractivity contribution >= 4 is 5.69 Å². The zero-order valence-corrected chi connectivity index (χ0v) is 13.7. The van der Waals surface area contributed by atoms with E-state index in [1.54, 1.807) is 0 Å². The third-order valence-electron chi connectivity index (χ3n) is 3.73. The Morgan fingerprint density at radius 3 is 2.00 bits per heavy atom. The highest BCUT2D eigenvalue weighted by molar-refractivity contribution is 5.60. The molecule has 0 aliphatic carbocycles. The van der Waals surface area contributed by atoms with Gasteiger partial charge in [-0.15, -0.1) is 0 Å². The Bertz CT molecular complexity index is 406. The Hall–Kier alpha value is -1.02. The van der Waals surface area contributed by atoms with Gasteiger partial charge in [0.05, 0.1) is 0 Å². The standard InChI is InChI=1S/C17H30N2/c1-12(10-18)11-19(7)16-13(2)8-15(9-14(16)3)17(4,5)6/h8-9,12H,10-11,18H2,1-7H3. The van der Waals surface area contributed by atoms with Crippen LogP contribution in [0.1, 0.15) is 44.4 Å². The average molecular weight is 262 g/mol. The highest BCUT2D eigenvalue weighted by Gasteiger charge is 2.18. The summed E-state index contributed by atoms with van der Waals surface area (Å²) in [6, 6.07) is 4.65. The first-order chi connectivity index (χ1) is 8.66. The van der Waals surface area contributed by atoms with E-state index in [0.29, 0.717) is 5.92 Å². The predicted molar refractivity (Wildman–Crippen MR) is 86.1 cm³/mol. The van der Waals surface area contributed by atoms with Gasteiger partial charge in [-0.1, -0.05) is 39.8 Å². The molecule has 0 radical (unpaired) electrons. The molecule has 19 heavy (non-hydrogen) atoms. The van der Waals surface area contributed by atoms with Gasteiger partial charge >= 0.3 is 0 Å². The third-order valence-corrected chi connectivity index (χ3v) is 3.73. The van der Waals surface area contributed by atoms with E-state index in [9.17, 15) is 0 Å². The first kappa shape index (κ1) is 16.0. The summed E-state index contributed by atoms with van der Waals surface area (Å²) in [5, 5.41) is 0. The van der Waals surface area contributed by atoms with Crippen LogP contribution in [0.4, 0.5) is 5.69 Å². The SMILES string of the molecule is Cc1cc(C(C)(C)C)cc(C)c1N(C)CC(C)CN. The van der Waals surface area contributed by atoms with Crippen molar-refractivity contribution in [1.82, 2.24) is 0 Å². The van der Waals surface area contributed by atoms with Gasteiger partial charge in [0.25, 0.3) is 0 Å². The quantitative estimate of drug-likeness (QED) is 0.898. The predicted octanol–water partition coefficient (Wildman–Crippen LogP) is 3.63. The van der Waals surface area contributed by atoms with Gasteiger partial charge in [0.1, 0.15) is 0 Å². The number of hydrogen-bond donors (Lipinski definition) is 1. The molecule has 0 aliphatic heterocycles. The lowest BCUT2D eigenvalue weighted by Gasteiger charge is -2.29. The lowest BCUT2D eigenvalue weighted by Crippen LogP contribution is -2.29. The number of nitrogens with two attached hydrogens (primary N) is 1. The van der Waals surface area contributed by atoms with E-state index in [1.807, 2.05) is 0 Å². The van der Waals surface area contributed by atoms with Crippen LogP contribution in [-0.4, -0.2) is 20.1 Å². The maximum Gasteiger partial charge on any atom is 0.0423 e. The molecule has 0 saturated carbocycles. The Labute approximate surface area is 119 Å². The van der Waals surface area contributed by atoms with Crippen molar-refractivity contribution in [3.63, 3.8) is 0 Å². The molecule has 1 aromatic carbocycles. The molecule has 0 aromatic heterocycles. The first-order valence-corrected chi connectivity index (χ1v) is 7.19. The van der Waals surface area contributed by atoms with Crippen LogP contribution >= 0.6 is 0 Å². The fourth-order valence-corrected chi connectivity index (χ4v) is 2.62. The highest BCUT2D eigenvalue weighted by Crippen LogP contribution is 2.31. The molecule has 1 aromatic rings. The van der Waals surface area contributed by atoms with Crippen molar-refractivity contribution in [1.29, 1.82) is 0 Å². The van der Waals surface area contributed by atoms with Gasteiger partial charge in [0, 0.05) is 19.3 Å². The number of hydrogen-bond acceptors (Lipinski definition) is 2. The van der Waals surface area contributed by atoms with E-state index in [-0.39, 0.29) is 5.41 Å². The van der Waals surface area contributed by atoms with E-state index in [2.05, 4.69) is 65.6 Å². The molecule has 0 amide bonds. The largest absolute Gasteiger partial charge is 0.374 e. The van der Waals surface area contributed by atoms with Gasteiger partial charge < -0.3 is 10.6 Å². The molecule has 0 aliphatic rings. The second-order valence-electron chi connectivity index (χ2n) is 6.93. The third kappa shape index (κ3) is 3.97. The summed E-state index contributed by atoms with van der Waals surface area (Å²) in [5.74, 6) is 0.520. The van der Waals surface area contributed by atoms with Crippen molar-refractivity contribution in [2.75, 3.05) is 25.0 Å². The number of nitrogens with zero attached hydrogens (tertiary/aromatic N) is 1. The lowest BCUT2D eigenvalue weighted by atomic mass is 9.84. The molecule has 0 heterocycles. The fourth-order valence-electron chi connectivity index (χ4n) is 2.62. The van der Waals surface area contributed by atoms with E-state index in [1.165, 1.54) is 22.4 Å². The summed E-state index contributed by atoms with van der Waals surface area (Å²) in [6.45, 7) is 15.2. The summed E-state index contributed by atoms with van der Waals surface area (Å²) in [6.07, 6.45) is 0. The molecule has 0 fully saturated rings. The van der Waals surface area contributed by atoms with Gasteiger partial charge in [0.15, 0.2) is 0 Å². The van der Waals surface area contributed by atoms with Crippen molar-refractivity contribution in [2.45, 2.75) is 47.0 Å². The molecule has 1 rings (SSSR count). The van der Waals surface area contributed by atoms with E-state index in [4.69, 9.17) is 5.73 Å². The van der Waals surface area contributed by atoms with Crippen molar-refractivity contribution in [2.24, 2.45) is 11.7 Å². The smallest absolute Gasteiger partial charge is 0.0423 e. The molecule has 108 valence electrons. The molecule has 1 atom stereocenters. The van der Waals surface area contributed by atoms with Gasteiger partial charge in [0.2, 0.25) is 0 Å². The Balaban J connectivity index is 3.10. The van der Waals surface area contributed by atoms with Gasteiger partial charge in [-0.05, 0) is 48.4 Å². The molecule has 1 unspecified atom stereocenters. The zero-order valence-electron chi connectivity index (χ0n) is 13.7. The van der Waals surface area contributed by atoms with Crippen LogP contribution in [0.15, 0.2) is 12.1 Å². The molecular formula is C17H30N2. The summed E-state index contributed by atoms with van der Waals surface area (Å²) in [5.41, 5.74) is 11.4. The normalized spacial score (nSPS) is 13.5. The highest BCUT2D eigenvalue weighted by atomic mass is 15.1. The van der Waals surface area contributed by atoms with E-state index in [0.717, 1.165) is 13.1 Å². The topological polar surface area (TPSA) is 29.3 Å². The van der Waals surface area contributed by atoms with Gasteiger partial charge in [-0.3, -0.25) is 0 Å². The molecule has 0 saturated heterocycles. The minimum absolute atomic E-state index is 0.206. The molecule has 0 bridgehead atoms. The summed E-state index contributed by atoms with van der Waals surface area (Å²) < 4.78 is 0. The van der Waals surface area contributed by atoms with E-state index >= 15 is 0 Å². The Morgan fingerprint density at radius 1 is 1.16 bits per heavy atom. The van der Waals surface area contributed by atoms with Crippen LogP contribution in [0.25, 0.3) is 0 Å². The Kier molecular flexibility index (Phi) is 5.03. The van der Waals surface area contributed by atoms with Crippen molar-refractivity contribution in [3.8, 4) is 0 Å². The zero-order chi connectivity index (χ0) is 14.8. The number of anilines is 1. The minimum atomic E-state index is 0.206. The van der Waals surface area contributed by atoms with Gasteiger partial charge in [-0.2, -0.15) is 0 Å². The molecule has 2 N–H and O–H groups in total. The summed E-state index contributed by atoms with van der Waals surface area (Å²) in [7, 11) is 2.16. The Morgan fingerprint density at radius 2 is 1.63 bits per heavy atom. The average Bonchev–Trinajstić information content (AvgIpc) is 2.26. The number of rotatable bonds is 4. The summed E-state index contributed by atoms with van der Waals surface area (Å²) in [4.78, 5) is 2.34. The van der Waals surface area contributed by atoms with Crippen LogP contribution in [0, 0.1) is 19.8 Å². The molecule has 2 nitrogen and oxygen atoms in total. The second-order valence-corrected chi connectivity index (χ2v) is 6.93. The van der Waals surface area contributed by atoms with Crippen molar-refractivity contribution in [3.05, 3.63) is 28.8 Å². The van der Waals surface area contributed by atoms with Crippen LogP contribution in [-0.2, 0) is 5.41 Å². The minimum Gasteiger partial charge on any atom is -0.374 e. The first-order valence-electron chi connectivity index (χ1n) is 7.19. The van der Waals surface area contributed by atoms with Gasteiger partial charge in [-0.25, -0.2) is 0 Å². The monoisotopic (exact) mass is 262 g/mol. The summed E-state index contributed by atoms with van der Waals surface area (Å²) >= 11 is 0.